The summed E-state index contributed by atoms with van der Waals surface area (Å²) in [5.74, 6) is -0.471. The van der Waals surface area contributed by atoms with Crippen LogP contribution < -0.4 is 5.32 Å². The maximum Gasteiger partial charge on any atom is 0.257 e. The minimum absolute atomic E-state index is 0.106. The number of halogens is 1. The zero-order valence-electron chi connectivity index (χ0n) is 13.8. The van der Waals surface area contributed by atoms with Gasteiger partial charge in [-0.05, 0) is 37.1 Å². The number of amides is 2. The first-order valence-electron chi connectivity index (χ1n) is 8.28. The van der Waals surface area contributed by atoms with Gasteiger partial charge in [0, 0.05) is 18.1 Å². The summed E-state index contributed by atoms with van der Waals surface area (Å²) in [6, 6.07) is 7.07. The first kappa shape index (κ1) is 17.1. The molecular formula is C18H16ClN3O3S. The third kappa shape index (κ3) is 3.45. The number of rotatable bonds is 3. The molecule has 3 aromatic rings. The summed E-state index contributed by atoms with van der Waals surface area (Å²) in [5.41, 5.74) is 1.31. The highest BCUT2D eigenvalue weighted by Gasteiger charge is 2.29. The van der Waals surface area contributed by atoms with E-state index in [9.17, 15) is 9.59 Å². The molecule has 2 aromatic heterocycles. The Balaban J connectivity index is 1.44. The predicted molar refractivity (Wildman–Crippen MR) is 101 cm³/mol. The summed E-state index contributed by atoms with van der Waals surface area (Å²) in [7, 11) is 0. The topological polar surface area (TPSA) is 75.4 Å². The number of hydrogen-bond acceptors (Lipinski definition) is 5. The second kappa shape index (κ2) is 7.09. The summed E-state index contributed by atoms with van der Waals surface area (Å²) in [6.07, 6.45) is 4.44. The molecule has 2 amide bonds. The van der Waals surface area contributed by atoms with Crippen molar-refractivity contribution in [1.29, 1.82) is 0 Å². The number of nitrogens with one attached hydrogen (secondary N) is 1. The molecule has 0 aliphatic carbocycles. The van der Waals surface area contributed by atoms with E-state index >= 15 is 0 Å². The molecule has 8 heteroatoms. The molecule has 134 valence electrons. The van der Waals surface area contributed by atoms with Gasteiger partial charge in [-0.25, -0.2) is 4.98 Å². The number of likely N-dealkylation sites (tertiary alicyclic amines) is 1. The van der Waals surface area contributed by atoms with Crippen LogP contribution in [0.15, 0.2) is 41.2 Å². The Bertz CT molecular complexity index is 954. The van der Waals surface area contributed by atoms with Crippen LogP contribution in [0.25, 0.3) is 10.2 Å². The number of furan rings is 1. The molecule has 0 radical (unpaired) electrons. The van der Waals surface area contributed by atoms with Crippen molar-refractivity contribution in [3.63, 3.8) is 0 Å². The Kier molecular flexibility index (Phi) is 4.65. The average molecular weight is 390 g/mol. The van der Waals surface area contributed by atoms with E-state index in [1.165, 1.54) is 23.9 Å². The lowest BCUT2D eigenvalue weighted by Crippen LogP contribution is -2.43. The van der Waals surface area contributed by atoms with Crippen LogP contribution in [0.4, 0.5) is 5.13 Å². The quantitative estimate of drug-likeness (QED) is 0.733. The summed E-state index contributed by atoms with van der Waals surface area (Å²) < 4.78 is 5.90. The third-order valence-electron chi connectivity index (χ3n) is 4.43. The number of fused-ring (bicyclic) bond motifs is 1. The number of hydrogen-bond donors (Lipinski definition) is 1. The maximum absolute atomic E-state index is 12.6. The zero-order valence-corrected chi connectivity index (χ0v) is 15.3. The molecule has 1 saturated heterocycles. The largest absolute Gasteiger partial charge is 0.472 e. The lowest BCUT2D eigenvalue weighted by Gasteiger charge is -2.31. The minimum Gasteiger partial charge on any atom is -0.472 e. The summed E-state index contributed by atoms with van der Waals surface area (Å²) in [5, 5.41) is 4.07. The van der Waals surface area contributed by atoms with Gasteiger partial charge in [-0.15, -0.1) is 0 Å². The van der Waals surface area contributed by atoms with Crippen LogP contribution in [0.3, 0.4) is 0 Å². The van der Waals surface area contributed by atoms with Crippen molar-refractivity contribution in [2.75, 3.05) is 18.4 Å². The van der Waals surface area contributed by atoms with Crippen molar-refractivity contribution in [2.24, 2.45) is 5.92 Å². The molecule has 6 nitrogen and oxygen atoms in total. The molecular weight excluding hydrogens is 374 g/mol. The molecule has 1 fully saturated rings. The Labute approximate surface area is 158 Å². The fourth-order valence-corrected chi connectivity index (χ4v) is 4.25. The summed E-state index contributed by atoms with van der Waals surface area (Å²) >= 11 is 7.38. The Morgan fingerprint density at radius 1 is 1.35 bits per heavy atom. The number of piperidine rings is 1. The molecule has 1 aliphatic rings. The summed E-state index contributed by atoms with van der Waals surface area (Å²) in [4.78, 5) is 31.2. The van der Waals surface area contributed by atoms with E-state index in [0.717, 1.165) is 23.1 Å². The van der Waals surface area contributed by atoms with Crippen molar-refractivity contribution in [2.45, 2.75) is 12.8 Å². The number of benzene rings is 1. The standard InChI is InChI=1S/C18H16ClN3O3S/c19-13-3-4-14-15(8-13)26-18(20-14)21-16(23)11-2-1-6-22(9-11)17(24)12-5-7-25-10-12/h3-5,7-8,10-11H,1-2,6,9H2,(H,20,21,23). The van der Waals surface area contributed by atoms with E-state index < -0.39 is 0 Å². The van der Waals surface area contributed by atoms with Crippen molar-refractivity contribution >= 4 is 50.1 Å². The zero-order chi connectivity index (χ0) is 18.1. The Morgan fingerprint density at radius 3 is 3.04 bits per heavy atom. The fraction of sp³-hybridized carbons (Fsp3) is 0.278. The molecule has 1 aliphatic heterocycles. The highest BCUT2D eigenvalue weighted by Crippen LogP contribution is 2.29. The number of carbonyl (C=O) groups excluding carboxylic acids is 2. The number of carbonyl (C=O) groups is 2. The smallest absolute Gasteiger partial charge is 0.257 e. The maximum atomic E-state index is 12.6. The first-order valence-corrected chi connectivity index (χ1v) is 9.48. The minimum atomic E-state index is -0.254. The first-order chi connectivity index (χ1) is 12.6. The van der Waals surface area contributed by atoms with Crippen LogP contribution in [-0.4, -0.2) is 34.8 Å². The highest BCUT2D eigenvalue weighted by molar-refractivity contribution is 7.22. The van der Waals surface area contributed by atoms with Gasteiger partial charge in [0.05, 0.1) is 28.0 Å². The normalized spacial score (nSPS) is 17.4. The lowest BCUT2D eigenvalue weighted by atomic mass is 9.97. The van der Waals surface area contributed by atoms with Gasteiger partial charge in [0.25, 0.3) is 5.91 Å². The van der Waals surface area contributed by atoms with E-state index in [0.29, 0.717) is 28.8 Å². The SMILES string of the molecule is O=C(Nc1nc2ccc(Cl)cc2s1)C1CCCN(C(=O)c2ccoc2)C1. The molecule has 3 heterocycles. The molecule has 1 unspecified atom stereocenters. The van der Waals surface area contributed by atoms with E-state index in [-0.39, 0.29) is 17.7 Å². The van der Waals surface area contributed by atoms with Gasteiger partial charge < -0.3 is 14.6 Å². The van der Waals surface area contributed by atoms with Crippen molar-refractivity contribution < 1.29 is 14.0 Å². The molecule has 4 rings (SSSR count). The molecule has 1 atom stereocenters. The molecule has 0 bridgehead atoms. The van der Waals surface area contributed by atoms with Crippen LogP contribution in [0, 0.1) is 5.92 Å². The van der Waals surface area contributed by atoms with Crippen molar-refractivity contribution in [1.82, 2.24) is 9.88 Å². The average Bonchev–Trinajstić information content (AvgIpc) is 3.30. The predicted octanol–water partition coefficient (Wildman–Crippen LogP) is 4.03. The number of nitrogens with zero attached hydrogens (tertiary/aromatic N) is 2. The number of aromatic nitrogens is 1. The molecule has 0 spiro atoms. The van der Waals surface area contributed by atoms with Crippen LogP contribution in [0.1, 0.15) is 23.2 Å². The van der Waals surface area contributed by atoms with Crippen LogP contribution in [0.2, 0.25) is 5.02 Å². The fourth-order valence-electron chi connectivity index (χ4n) is 3.10. The Hall–Kier alpha value is -2.38. The highest BCUT2D eigenvalue weighted by atomic mass is 35.5. The molecule has 0 saturated carbocycles. The van der Waals surface area contributed by atoms with E-state index in [1.807, 2.05) is 12.1 Å². The number of anilines is 1. The van der Waals surface area contributed by atoms with E-state index in [4.69, 9.17) is 16.0 Å². The van der Waals surface area contributed by atoms with Gasteiger partial charge in [0.2, 0.25) is 5.91 Å². The van der Waals surface area contributed by atoms with E-state index in [2.05, 4.69) is 10.3 Å². The molecule has 1 aromatic carbocycles. The van der Waals surface area contributed by atoms with Crippen LogP contribution >= 0.6 is 22.9 Å². The van der Waals surface area contributed by atoms with Gasteiger partial charge in [0.1, 0.15) is 6.26 Å². The third-order valence-corrected chi connectivity index (χ3v) is 5.60. The Morgan fingerprint density at radius 2 is 2.23 bits per heavy atom. The molecule has 26 heavy (non-hydrogen) atoms. The lowest BCUT2D eigenvalue weighted by molar-refractivity contribution is -0.121. The van der Waals surface area contributed by atoms with Crippen molar-refractivity contribution in [3.8, 4) is 0 Å². The van der Waals surface area contributed by atoms with Crippen LogP contribution in [-0.2, 0) is 4.79 Å². The second-order valence-electron chi connectivity index (χ2n) is 6.22. The monoisotopic (exact) mass is 389 g/mol. The summed E-state index contributed by atoms with van der Waals surface area (Å²) in [6.45, 7) is 1.04. The van der Waals surface area contributed by atoms with Gasteiger partial charge in [-0.3, -0.25) is 9.59 Å². The van der Waals surface area contributed by atoms with Gasteiger partial charge >= 0.3 is 0 Å². The van der Waals surface area contributed by atoms with Gasteiger partial charge in [-0.1, -0.05) is 22.9 Å². The van der Waals surface area contributed by atoms with E-state index in [1.54, 1.807) is 17.0 Å². The molecule has 1 N–H and O–H groups in total. The van der Waals surface area contributed by atoms with Crippen LogP contribution in [0.5, 0.6) is 0 Å². The van der Waals surface area contributed by atoms with Crippen molar-refractivity contribution in [3.05, 3.63) is 47.4 Å². The van der Waals surface area contributed by atoms with Gasteiger partial charge in [-0.2, -0.15) is 0 Å². The van der Waals surface area contributed by atoms with Gasteiger partial charge in [0.15, 0.2) is 5.13 Å². The number of thiazole rings is 1. The second-order valence-corrected chi connectivity index (χ2v) is 7.69.